The molecular formula is C9H7IN2. The Kier molecular flexibility index (Phi) is 1.96. The summed E-state index contributed by atoms with van der Waals surface area (Å²) in [6, 6.07) is 4.07. The molecular weight excluding hydrogens is 263 g/mol. The Morgan fingerprint density at radius 1 is 1.42 bits per heavy atom. The van der Waals surface area contributed by atoms with Gasteiger partial charge in [-0.05, 0) is 47.2 Å². The smallest absolute Gasteiger partial charge is 0.102 e. The fourth-order valence-corrected chi connectivity index (χ4v) is 1.94. The molecule has 12 heavy (non-hydrogen) atoms. The Morgan fingerprint density at radius 2 is 2.25 bits per heavy atom. The molecule has 2 rings (SSSR count). The van der Waals surface area contributed by atoms with E-state index in [1.165, 1.54) is 10.9 Å². The molecule has 0 unspecified atom stereocenters. The first kappa shape index (κ1) is 7.91. The third-order valence-electron chi connectivity index (χ3n) is 1.79. The minimum atomic E-state index is 0.974. The highest BCUT2D eigenvalue weighted by Gasteiger charge is 1.98. The molecule has 0 saturated heterocycles. The second kappa shape index (κ2) is 2.97. The Labute approximate surface area is 84.2 Å². The van der Waals surface area contributed by atoms with Crippen molar-refractivity contribution in [2.75, 3.05) is 0 Å². The molecule has 0 N–H and O–H groups in total. The van der Waals surface area contributed by atoms with Gasteiger partial charge in [-0.2, -0.15) is 0 Å². The summed E-state index contributed by atoms with van der Waals surface area (Å²) in [4.78, 5) is 8.39. The van der Waals surface area contributed by atoms with Gasteiger partial charge in [0.25, 0.3) is 0 Å². The van der Waals surface area contributed by atoms with E-state index in [4.69, 9.17) is 0 Å². The van der Waals surface area contributed by atoms with Gasteiger partial charge in [-0.25, -0.2) is 4.98 Å². The number of aryl methyl sites for hydroxylation is 1. The molecule has 0 radical (unpaired) electrons. The van der Waals surface area contributed by atoms with Gasteiger partial charge >= 0.3 is 0 Å². The monoisotopic (exact) mass is 270 g/mol. The highest BCUT2D eigenvalue weighted by molar-refractivity contribution is 14.1. The van der Waals surface area contributed by atoms with Gasteiger partial charge in [0.2, 0.25) is 0 Å². The Hall–Kier alpha value is -0.710. The predicted octanol–water partition coefficient (Wildman–Crippen LogP) is 2.54. The Bertz CT molecular complexity index is 426. The molecule has 0 aliphatic carbocycles. The van der Waals surface area contributed by atoms with Crippen LogP contribution in [0.5, 0.6) is 0 Å². The van der Waals surface area contributed by atoms with E-state index in [0.717, 1.165) is 9.22 Å². The summed E-state index contributed by atoms with van der Waals surface area (Å²) in [5, 5.41) is 1.19. The Morgan fingerprint density at radius 3 is 3.08 bits per heavy atom. The van der Waals surface area contributed by atoms with E-state index in [9.17, 15) is 0 Å². The van der Waals surface area contributed by atoms with Crippen LogP contribution in [0.2, 0.25) is 0 Å². The first-order chi connectivity index (χ1) is 5.77. The number of fused-ring (bicyclic) bond motifs is 1. The van der Waals surface area contributed by atoms with Crippen molar-refractivity contribution >= 4 is 33.5 Å². The summed E-state index contributed by atoms with van der Waals surface area (Å²) in [6.45, 7) is 2.09. The van der Waals surface area contributed by atoms with E-state index >= 15 is 0 Å². The lowest BCUT2D eigenvalue weighted by Gasteiger charge is -2.00. The second-order valence-electron chi connectivity index (χ2n) is 2.65. The molecule has 0 aliphatic heterocycles. The van der Waals surface area contributed by atoms with E-state index in [-0.39, 0.29) is 0 Å². The average molecular weight is 270 g/mol. The van der Waals surface area contributed by atoms with Crippen LogP contribution >= 0.6 is 22.6 Å². The van der Waals surface area contributed by atoms with Crippen molar-refractivity contribution in [1.29, 1.82) is 0 Å². The highest BCUT2D eigenvalue weighted by Crippen LogP contribution is 2.16. The summed E-state index contributed by atoms with van der Waals surface area (Å²) in [6.07, 6.45) is 3.59. The largest absolute Gasteiger partial charge is 0.262 e. The van der Waals surface area contributed by atoms with Crippen molar-refractivity contribution in [3.8, 4) is 0 Å². The van der Waals surface area contributed by atoms with Crippen LogP contribution in [0, 0.1) is 10.6 Å². The summed E-state index contributed by atoms with van der Waals surface area (Å²) >= 11 is 2.21. The van der Waals surface area contributed by atoms with Crippen molar-refractivity contribution in [2.24, 2.45) is 0 Å². The molecule has 0 bridgehead atoms. The molecule has 0 amide bonds. The number of aromatic nitrogens is 2. The number of halogens is 1. The van der Waals surface area contributed by atoms with E-state index in [2.05, 4.69) is 45.5 Å². The third-order valence-corrected chi connectivity index (χ3v) is 2.34. The van der Waals surface area contributed by atoms with Crippen LogP contribution in [0.4, 0.5) is 0 Å². The van der Waals surface area contributed by atoms with Gasteiger partial charge in [0, 0.05) is 11.6 Å². The zero-order valence-electron chi connectivity index (χ0n) is 6.58. The van der Waals surface area contributed by atoms with Crippen LogP contribution in [0.15, 0.2) is 24.5 Å². The highest BCUT2D eigenvalue weighted by atomic mass is 127. The molecule has 2 nitrogen and oxygen atoms in total. The summed E-state index contributed by atoms with van der Waals surface area (Å²) < 4.78 is 1.02. The first-order valence-corrected chi connectivity index (χ1v) is 4.72. The molecule has 2 heterocycles. The predicted molar refractivity (Wildman–Crippen MR) is 57.0 cm³/mol. The molecule has 0 aromatic carbocycles. The fraction of sp³-hybridized carbons (Fsp3) is 0.111. The maximum absolute atomic E-state index is 4.36. The third kappa shape index (κ3) is 1.29. The van der Waals surface area contributed by atoms with Crippen molar-refractivity contribution < 1.29 is 0 Å². The minimum Gasteiger partial charge on any atom is -0.262 e. The maximum atomic E-state index is 4.36. The van der Waals surface area contributed by atoms with E-state index in [1.807, 2.05) is 6.07 Å². The number of hydrogen-bond donors (Lipinski definition) is 0. The van der Waals surface area contributed by atoms with Crippen LogP contribution in [-0.2, 0) is 0 Å². The molecule has 2 aromatic rings. The van der Waals surface area contributed by atoms with Gasteiger partial charge in [-0.3, -0.25) is 4.98 Å². The van der Waals surface area contributed by atoms with Crippen molar-refractivity contribution in [3.63, 3.8) is 0 Å². The van der Waals surface area contributed by atoms with Gasteiger partial charge in [0.05, 0.1) is 11.7 Å². The lowest BCUT2D eigenvalue weighted by molar-refractivity contribution is 1.26. The average Bonchev–Trinajstić information content (AvgIpc) is 2.04. The number of rotatable bonds is 0. The van der Waals surface area contributed by atoms with Gasteiger partial charge in [0.1, 0.15) is 3.70 Å². The summed E-state index contributed by atoms with van der Waals surface area (Å²) in [5.41, 5.74) is 2.23. The number of pyridine rings is 2. The SMILES string of the molecule is Cc1cc(I)nc2cnccc12. The number of hydrogen-bond acceptors (Lipinski definition) is 2. The van der Waals surface area contributed by atoms with Crippen LogP contribution in [0.25, 0.3) is 10.9 Å². The van der Waals surface area contributed by atoms with Crippen molar-refractivity contribution in [2.45, 2.75) is 6.92 Å². The van der Waals surface area contributed by atoms with E-state index in [1.54, 1.807) is 12.4 Å². The van der Waals surface area contributed by atoms with Crippen LogP contribution < -0.4 is 0 Å². The van der Waals surface area contributed by atoms with Crippen LogP contribution in [-0.4, -0.2) is 9.97 Å². The van der Waals surface area contributed by atoms with Gasteiger partial charge < -0.3 is 0 Å². The lowest BCUT2D eigenvalue weighted by atomic mass is 10.2. The molecule has 0 saturated carbocycles. The Balaban J connectivity index is 2.89. The van der Waals surface area contributed by atoms with Gasteiger partial charge in [0.15, 0.2) is 0 Å². The minimum absolute atomic E-state index is 0.974. The van der Waals surface area contributed by atoms with E-state index in [0.29, 0.717) is 0 Å². The molecule has 0 fully saturated rings. The van der Waals surface area contributed by atoms with Crippen LogP contribution in [0.3, 0.4) is 0 Å². The maximum Gasteiger partial charge on any atom is 0.102 e. The van der Waals surface area contributed by atoms with Gasteiger partial charge in [-0.1, -0.05) is 0 Å². The van der Waals surface area contributed by atoms with Crippen molar-refractivity contribution in [3.05, 3.63) is 33.8 Å². The van der Waals surface area contributed by atoms with Gasteiger partial charge in [-0.15, -0.1) is 0 Å². The quantitative estimate of drug-likeness (QED) is 0.543. The summed E-state index contributed by atoms with van der Waals surface area (Å²) in [7, 11) is 0. The van der Waals surface area contributed by atoms with E-state index < -0.39 is 0 Å². The molecule has 3 heteroatoms. The lowest BCUT2D eigenvalue weighted by Crippen LogP contribution is -1.87. The van der Waals surface area contributed by atoms with Crippen molar-refractivity contribution in [1.82, 2.24) is 9.97 Å². The molecule has 2 aromatic heterocycles. The topological polar surface area (TPSA) is 25.8 Å². The second-order valence-corrected chi connectivity index (χ2v) is 3.76. The standard InChI is InChI=1S/C9H7IN2/c1-6-4-9(10)12-8-5-11-3-2-7(6)8/h2-5H,1H3. The fourth-order valence-electron chi connectivity index (χ4n) is 1.21. The molecule has 60 valence electrons. The van der Waals surface area contributed by atoms with Crippen LogP contribution in [0.1, 0.15) is 5.56 Å². The number of nitrogens with zero attached hydrogens (tertiary/aromatic N) is 2. The first-order valence-electron chi connectivity index (χ1n) is 3.64. The zero-order chi connectivity index (χ0) is 8.55. The molecule has 0 spiro atoms. The zero-order valence-corrected chi connectivity index (χ0v) is 8.74. The molecule has 0 atom stereocenters. The summed E-state index contributed by atoms with van der Waals surface area (Å²) in [5.74, 6) is 0. The normalized spacial score (nSPS) is 10.5. The molecule has 0 aliphatic rings.